The van der Waals surface area contributed by atoms with E-state index in [-0.39, 0.29) is 24.2 Å². The summed E-state index contributed by atoms with van der Waals surface area (Å²) < 4.78 is 18.5. The number of carbonyl (C=O) groups excluding carboxylic acids is 1. The number of hydrogen-bond donors (Lipinski definition) is 1. The molecule has 3 rings (SSSR count). The van der Waals surface area contributed by atoms with Crippen molar-refractivity contribution >= 4 is 17.2 Å². The van der Waals surface area contributed by atoms with Gasteiger partial charge in [-0.1, -0.05) is 12.1 Å². The van der Waals surface area contributed by atoms with Gasteiger partial charge in [0.05, 0.1) is 6.04 Å². The van der Waals surface area contributed by atoms with Crippen LogP contribution < -0.4 is 5.32 Å². The van der Waals surface area contributed by atoms with Crippen molar-refractivity contribution in [3.63, 3.8) is 0 Å². The van der Waals surface area contributed by atoms with Gasteiger partial charge >= 0.3 is 0 Å². The van der Waals surface area contributed by atoms with E-state index in [1.54, 1.807) is 23.5 Å². The number of benzene rings is 1. The summed E-state index contributed by atoms with van der Waals surface area (Å²) in [6.07, 6.45) is 0.621. The number of halogens is 1. The standard InChI is InChI=1S/C17H16FN3O2S/c1-11(12-2-4-14(18)5-3-12)19-15(22)6-7-16-20-21-17(23-16)13-8-9-24-10-13/h2-5,8-11H,6-7H2,1H3,(H,19,22). The molecule has 1 aromatic carbocycles. The van der Waals surface area contributed by atoms with Crippen LogP contribution in [0.25, 0.3) is 11.5 Å². The second kappa shape index (κ2) is 7.35. The molecule has 1 amide bonds. The highest BCUT2D eigenvalue weighted by atomic mass is 32.1. The van der Waals surface area contributed by atoms with Crippen LogP contribution in [0.15, 0.2) is 45.5 Å². The molecule has 0 aliphatic rings. The molecule has 0 saturated carbocycles. The lowest BCUT2D eigenvalue weighted by atomic mass is 10.1. The van der Waals surface area contributed by atoms with Gasteiger partial charge in [0, 0.05) is 23.8 Å². The summed E-state index contributed by atoms with van der Waals surface area (Å²) in [5.41, 5.74) is 1.73. The molecule has 24 heavy (non-hydrogen) atoms. The third kappa shape index (κ3) is 4.05. The largest absolute Gasteiger partial charge is 0.421 e. The van der Waals surface area contributed by atoms with Gasteiger partial charge in [0.25, 0.3) is 0 Å². The maximum atomic E-state index is 12.9. The lowest BCUT2D eigenvalue weighted by Gasteiger charge is -2.13. The smallest absolute Gasteiger partial charge is 0.248 e. The van der Waals surface area contributed by atoms with Gasteiger partial charge in [-0.3, -0.25) is 4.79 Å². The molecular weight excluding hydrogens is 329 g/mol. The number of rotatable bonds is 6. The first-order chi connectivity index (χ1) is 11.6. The molecule has 2 aromatic heterocycles. The van der Waals surface area contributed by atoms with Gasteiger partial charge < -0.3 is 9.73 Å². The van der Waals surface area contributed by atoms with E-state index in [0.717, 1.165) is 11.1 Å². The quantitative estimate of drug-likeness (QED) is 0.739. The van der Waals surface area contributed by atoms with Gasteiger partial charge in [-0.15, -0.1) is 10.2 Å². The molecule has 124 valence electrons. The number of nitrogens with zero attached hydrogens (tertiary/aromatic N) is 2. The zero-order chi connectivity index (χ0) is 16.9. The van der Waals surface area contributed by atoms with Crippen LogP contribution in [0.5, 0.6) is 0 Å². The van der Waals surface area contributed by atoms with Gasteiger partial charge in [0.1, 0.15) is 5.82 Å². The number of aromatic nitrogens is 2. The Morgan fingerprint density at radius 1 is 1.29 bits per heavy atom. The summed E-state index contributed by atoms with van der Waals surface area (Å²) in [6.45, 7) is 1.85. The van der Waals surface area contributed by atoms with Crippen molar-refractivity contribution in [2.24, 2.45) is 0 Å². The second-order valence-corrected chi connectivity index (χ2v) is 6.13. The zero-order valence-electron chi connectivity index (χ0n) is 13.0. The van der Waals surface area contributed by atoms with Crippen molar-refractivity contribution in [2.75, 3.05) is 0 Å². The average Bonchev–Trinajstić information content (AvgIpc) is 3.25. The van der Waals surface area contributed by atoms with E-state index >= 15 is 0 Å². The zero-order valence-corrected chi connectivity index (χ0v) is 13.8. The van der Waals surface area contributed by atoms with Gasteiger partial charge in [-0.25, -0.2) is 4.39 Å². The summed E-state index contributed by atoms with van der Waals surface area (Å²) in [5.74, 6) is 0.476. The lowest BCUT2D eigenvalue weighted by Crippen LogP contribution is -2.26. The van der Waals surface area contributed by atoms with Crippen molar-refractivity contribution in [2.45, 2.75) is 25.8 Å². The van der Waals surface area contributed by atoms with Crippen LogP contribution in [0.4, 0.5) is 4.39 Å². The minimum atomic E-state index is -0.296. The van der Waals surface area contributed by atoms with Crippen molar-refractivity contribution < 1.29 is 13.6 Å². The molecule has 0 spiro atoms. The molecule has 2 heterocycles. The molecule has 0 aliphatic carbocycles. The molecule has 0 fully saturated rings. The number of thiophene rings is 1. The van der Waals surface area contributed by atoms with Gasteiger partial charge in [-0.2, -0.15) is 11.3 Å². The summed E-state index contributed by atoms with van der Waals surface area (Å²) in [5, 5.41) is 14.7. The minimum absolute atomic E-state index is 0.123. The molecule has 3 aromatic rings. The maximum absolute atomic E-state index is 12.9. The van der Waals surface area contributed by atoms with E-state index in [1.165, 1.54) is 12.1 Å². The van der Waals surface area contributed by atoms with Crippen molar-refractivity contribution in [3.8, 4) is 11.5 Å². The summed E-state index contributed by atoms with van der Waals surface area (Å²) in [7, 11) is 0. The molecule has 5 nitrogen and oxygen atoms in total. The number of hydrogen-bond acceptors (Lipinski definition) is 5. The van der Waals surface area contributed by atoms with Crippen LogP contribution in [0.2, 0.25) is 0 Å². The number of nitrogens with one attached hydrogen (secondary N) is 1. The molecule has 0 aliphatic heterocycles. The molecule has 0 saturated heterocycles. The highest BCUT2D eigenvalue weighted by Gasteiger charge is 2.13. The van der Waals surface area contributed by atoms with E-state index in [1.807, 2.05) is 23.8 Å². The Bertz CT molecular complexity index is 800. The second-order valence-electron chi connectivity index (χ2n) is 5.35. The van der Waals surface area contributed by atoms with Gasteiger partial charge in [0.2, 0.25) is 17.7 Å². The minimum Gasteiger partial charge on any atom is -0.421 e. The van der Waals surface area contributed by atoms with Gasteiger partial charge in [0.15, 0.2) is 0 Å². The van der Waals surface area contributed by atoms with Crippen molar-refractivity contribution in [3.05, 3.63) is 58.4 Å². The molecule has 1 N–H and O–H groups in total. The van der Waals surface area contributed by atoms with E-state index < -0.39 is 0 Å². The Balaban J connectivity index is 1.51. The summed E-state index contributed by atoms with van der Waals surface area (Å²) >= 11 is 1.55. The number of aryl methyl sites for hydroxylation is 1. The molecule has 1 atom stereocenters. The lowest BCUT2D eigenvalue weighted by molar-refractivity contribution is -0.121. The Kier molecular flexibility index (Phi) is 5.00. The van der Waals surface area contributed by atoms with E-state index in [9.17, 15) is 9.18 Å². The molecule has 0 bridgehead atoms. The van der Waals surface area contributed by atoms with Crippen molar-refractivity contribution in [1.29, 1.82) is 0 Å². The molecule has 7 heteroatoms. The first kappa shape index (κ1) is 16.3. The fraction of sp³-hybridized carbons (Fsp3) is 0.235. The van der Waals surface area contributed by atoms with Gasteiger partial charge in [-0.05, 0) is 36.1 Å². The van der Waals surface area contributed by atoms with Crippen molar-refractivity contribution in [1.82, 2.24) is 15.5 Å². The van der Waals surface area contributed by atoms with Crippen LogP contribution in [-0.2, 0) is 11.2 Å². The average molecular weight is 345 g/mol. The number of carbonyl (C=O) groups is 1. The van der Waals surface area contributed by atoms with E-state index in [4.69, 9.17) is 4.42 Å². The fourth-order valence-corrected chi connectivity index (χ4v) is 2.86. The Morgan fingerprint density at radius 2 is 2.08 bits per heavy atom. The topological polar surface area (TPSA) is 68.0 Å². The molecule has 1 unspecified atom stereocenters. The Labute approximate surface area is 142 Å². The monoisotopic (exact) mass is 345 g/mol. The first-order valence-corrected chi connectivity index (χ1v) is 8.46. The van der Waals surface area contributed by atoms with E-state index in [0.29, 0.717) is 18.2 Å². The summed E-state index contributed by atoms with van der Waals surface area (Å²) in [6, 6.07) is 7.78. The molecular formula is C17H16FN3O2S. The molecule has 0 radical (unpaired) electrons. The third-order valence-corrected chi connectivity index (χ3v) is 4.23. The fourth-order valence-electron chi connectivity index (χ4n) is 2.23. The highest BCUT2D eigenvalue weighted by Crippen LogP contribution is 2.21. The van der Waals surface area contributed by atoms with Crippen LogP contribution >= 0.6 is 11.3 Å². The number of amides is 1. The Morgan fingerprint density at radius 3 is 2.79 bits per heavy atom. The van der Waals surface area contributed by atoms with Crippen LogP contribution in [0, 0.1) is 5.82 Å². The highest BCUT2D eigenvalue weighted by molar-refractivity contribution is 7.08. The SMILES string of the molecule is CC(NC(=O)CCc1nnc(-c2ccsc2)o1)c1ccc(F)cc1. The first-order valence-electron chi connectivity index (χ1n) is 7.51. The predicted molar refractivity (Wildman–Crippen MR) is 88.9 cm³/mol. The maximum Gasteiger partial charge on any atom is 0.248 e. The van der Waals surface area contributed by atoms with E-state index in [2.05, 4.69) is 15.5 Å². The normalized spacial score (nSPS) is 12.1. The predicted octanol–water partition coefficient (Wildman–Crippen LogP) is 3.75. The van der Waals surface area contributed by atoms with Crippen LogP contribution in [0.3, 0.4) is 0 Å². The van der Waals surface area contributed by atoms with Crippen LogP contribution in [-0.4, -0.2) is 16.1 Å². The Hall–Kier alpha value is -2.54. The summed E-state index contributed by atoms with van der Waals surface area (Å²) in [4.78, 5) is 12.0. The third-order valence-electron chi connectivity index (χ3n) is 3.55. The van der Waals surface area contributed by atoms with Crippen LogP contribution in [0.1, 0.15) is 30.8 Å².